The molecule has 0 heterocycles. The number of para-hydroxylation sites is 2. The quantitative estimate of drug-likeness (QED) is 0.0745. The summed E-state index contributed by atoms with van der Waals surface area (Å²) < 4.78 is 0. The number of allylic oxidation sites excluding steroid dienone is 10. The number of hydrogen-bond donors (Lipinski definition) is 0. The van der Waals surface area contributed by atoms with Crippen LogP contribution in [0.5, 0.6) is 0 Å². The van der Waals surface area contributed by atoms with Crippen LogP contribution in [-0.4, -0.2) is 6.29 Å². The standard InChI is InChI=1S/C56H50N2O/c1-56(2)40-39-51(23-16-20-48-19-10-12-25-54(48)56)58(50-21-8-4-9-22-50)52-37-33-46(34-38-52)44-27-29-47(30-28-44)53-24-11-13-26-55(53)57(41-14-5-15-42-59)49-35-31-45(32-36-49)43-17-6-3-7-18-43/h3-17,19,21-39,41-43H,18,20,40H2,1-2H3/b15-5-,23-16-,41-14+,51-39+. The predicted molar refractivity (Wildman–Crippen MR) is 249 cm³/mol. The van der Waals surface area contributed by atoms with Gasteiger partial charge in [0.1, 0.15) is 6.29 Å². The highest BCUT2D eigenvalue weighted by Crippen LogP contribution is 2.39. The Kier molecular flexibility index (Phi) is 11.9. The summed E-state index contributed by atoms with van der Waals surface area (Å²) >= 11 is 0. The van der Waals surface area contributed by atoms with Crippen LogP contribution in [0, 0.1) is 0 Å². The summed E-state index contributed by atoms with van der Waals surface area (Å²) in [6.07, 6.45) is 26.6. The van der Waals surface area contributed by atoms with Gasteiger partial charge in [0, 0.05) is 40.4 Å². The second-order valence-electron chi connectivity index (χ2n) is 15.8. The minimum Gasteiger partial charge on any atom is -0.317 e. The Morgan fingerprint density at radius 2 is 1.27 bits per heavy atom. The molecule has 3 nitrogen and oxygen atoms in total. The Hall–Kier alpha value is -6.97. The lowest BCUT2D eigenvalue weighted by molar-refractivity contribution is -0.104. The zero-order valence-corrected chi connectivity index (χ0v) is 33.9. The molecular formula is C56H50N2O. The van der Waals surface area contributed by atoms with Gasteiger partial charge < -0.3 is 9.80 Å². The van der Waals surface area contributed by atoms with E-state index in [2.05, 4.69) is 218 Å². The van der Waals surface area contributed by atoms with Crippen molar-refractivity contribution in [3.05, 3.63) is 241 Å². The topological polar surface area (TPSA) is 23.6 Å². The molecule has 1 atom stereocenters. The third-order valence-corrected chi connectivity index (χ3v) is 11.4. The third kappa shape index (κ3) is 8.96. The van der Waals surface area contributed by atoms with E-state index in [0.29, 0.717) is 5.92 Å². The van der Waals surface area contributed by atoms with E-state index in [4.69, 9.17) is 0 Å². The molecule has 0 N–H and O–H groups in total. The molecule has 0 fully saturated rings. The van der Waals surface area contributed by atoms with Crippen LogP contribution in [0.15, 0.2) is 224 Å². The third-order valence-electron chi connectivity index (χ3n) is 11.4. The summed E-state index contributed by atoms with van der Waals surface area (Å²) in [4.78, 5) is 15.6. The molecule has 8 rings (SSSR count). The zero-order valence-electron chi connectivity index (χ0n) is 33.9. The zero-order chi connectivity index (χ0) is 40.4. The van der Waals surface area contributed by atoms with Crippen molar-refractivity contribution in [2.45, 2.75) is 44.4 Å². The number of fused-ring (bicyclic) bond motifs is 1. The van der Waals surface area contributed by atoms with Crippen LogP contribution in [0.1, 0.15) is 49.3 Å². The van der Waals surface area contributed by atoms with Gasteiger partial charge in [-0.3, -0.25) is 4.79 Å². The Bertz CT molecular complexity index is 2550. The van der Waals surface area contributed by atoms with E-state index in [0.717, 1.165) is 70.6 Å². The van der Waals surface area contributed by atoms with Crippen molar-refractivity contribution in [2.75, 3.05) is 9.80 Å². The number of carbonyl (C=O) groups is 1. The molecule has 1 unspecified atom stereocenters. The van der Waals surface area contributed by atoms with Crippen molar-refractivity contribution in [1.29, 1.82) is 0 Å². The lowest BCUT2D eigenvalue weighted by atomic mass is 9.78. The summed E-state index contributed by atoms with van der Waals surface area (Å²) in [7, 11) is 0. The number of nitrogens with zero attached hydrogens (tertiary/aromatic N) is 2. The van der Waals surface area contributed by atoms with Gasteiger partial charge in [0.25, 0.3) is 0 Å². The monoisotopic (exact) mass is 766 g/mol. The molecule has 6 aromatic rings. The molecule has 3 heteroatoms. The van der Waals surface area contributed by atoms with Gasteiger partial charge in [0.15, 0.2) is 0 Å². The van der Waals surface area contributed by atoms with E-state index in [1.165, 1.54) is 28.5 Å². The Morgan fingerprint density at radius 1 is 0.610 bits per heavy atom. The van der Waals surface area contributed by atoms with E-state index < -0.39 is 0 Å². The molecule has 2 aliphatic rings. The van der Waals surface area contributed by atoms with Crippen molar-refractivity contribution < 1.29 is 4.79 Å². The molecule has 2 aliphatic carbocycles. The first kappa shape index (κ1) is 38.9. The van der Waals surface area contributed by atoms with Crippen LogP contribution >= 0.6 is 0 Å². The fraction of sp³-hybridized carbons (Fsp3) is 0.125. The molecule has 0 bridgehead atoms. The minimum absolute atomic E-state index is 0.00606. The maximum atomic E-state index is 11.1. The van der Waals surface area contributed by atoms with Crippen molar-refractivity contribution in [3.63, 3.8) is 0 Å². The van der Waals surface area contributed by atoms with Crippen molar-refractivity contribution in [1.82, 2.24) is 0 Å². The summed E-state index contributed by atoms with van der Waals surface area (Å²) in [5, 5.41) is 0. The van der Waals surface area contributed by atoms with E-state index in [1.54, 1.807) is 6.08 Å². The van der Waals surface area contributed by atoms with E-state index in [-0.39, 0.29) is 5.41 Å². The molecule has 0 saturated carbocycles. The maximum absolute atomic E-state index is 11.1. The van der Waals surface area contributed by atoms with Crippen LogP contribution in [0.4, 0.5) is 22.7 Å². The number of rotatable bonds is 11. The van der Waals surface area contributed by atoms with Gasteiger partial charge in [-0.2, -0.15) is 0 Å². The number of carbonyl (C=O) groups excluding carboxylic acids is 1. The molecule has 290 valence electrons. The van der Waals surface area contributed by atoms with Crippen molar-refractivity contribution in [3.8, 4) is 22.3 Å². The highest BCUT2D eigenvalue weighted by atomic mass is 16.1. The summed E-state index contributed by atoms with van der Waals surface area (Å²) in [6, 6.07) is 54.6. The number of hydrogen-bond acceptors (Lipinski definition) is 3. The molecule has 0 saturated heterocycles. The number of anilines is 4. The fourth-order valence-electron chi connectivity index (χ4n) is 8.23. The SMILES string of the molecule is CC1(C)C/C=C(N(c2ccccc2)c2ccc(-c3ccc(-c4ccccc4N(/C=C/C=C\C=O)c4ccc(C5C=CC=CC5)cc4)cc3)cc2)\C=C/Cc2ccccc21. The smallest absolute Gasteiger partial charge is 0.142 e. The van der Waals surface area contributed by atoms with Crippen LogP contribution < -0.4 is 9.80 Å². The van der Waals surface area contributed by atoms with Gasteiger partial charge in [0.2, 0.25) is 0 Å². The summed E-state index contributed by atoms with van der Waals surface area (Å²) in [5.41, 5.74) is 14.2. The van der Waals surface area contributed by atoms with Crippen LogP contribution in [0.3, 0.4) is 0 Å². The van der Waals surface area contributed by atoms with Crippen LogP contribution in [0.25, 0.3) is 22.3 Å². The average molecular weight is 767 g/mol. The lowest BCUT2D eigenvalue weighted by Gasteiger charge is -2.29. The van der Waals surface area contributed by atoms with Gasteiger partial charge in [0.05, 0.1) is 5.69 Å². The van der Waals surface area contributed by atoms with Gasteiger partial charge in [-0.15, -0.1) is 0 Å². The summed E-state index contributed by atoms with van der Waals surface area (Å²) in [5.74, 6) is 0.385. The predicted octanol–water partition coefficient (Wildman–Crippen LogP) is 14.5. The van der Waals surface area contributed by atoms with Gasteiger partial charge in [-0.05, 0) is 119 Å². The largest absolute Gasteiger partial charge is 0.317 e. The molecule has 0 aliphatic heterocycles. The first-order chi connectivity index (χ1) is 29.0. The van der Waals surface area contributed by atoms with E-state index >= 15 is 0 Å². The maximum Gasteiger partial charge on any atom is 0.142 e. The molecule has 0 radical (unpaired) electrons. The number of benzene rings is 6. The van der Waals surface area contributed by atoms with Gasteiger partial charge >= 0.3 is 0 Å². The van der Waals surface area contributed by atoms with E-state index in [1.807, 2.05) is 12.3 Å². The second-order valence-corrected chi connectivity index (χ2v) is 15.8. The second kappa shape index (κ2) is 18.1. The first-order valence-corrected chi connectivity index (χ1v) is 20.6. The highest BCUT2D eigenvalue weighted by Gasteiger charge is 2.24. The van der Waals surface area contributed by atoms with Crippen molar-refractivity contribution in [2.24, 2.45) is 0 Å². The fourth-order valence-corrected chi connectivity index (χ4v) is 8.23. The van der Waals surface area contributed by atoms with Crippen LogP contribution in [0.2, 0.25) is 0 Å². The Labute approximate surface area is 350 Å². The molecule has 0 aromatic heterocycles. The van der Waals surface area contributed by atoms with Gasteiger partial charge in [-0.1, -0.05) is 166 Å². The van der Waals surface area contributed by atoms with Gasteiger partial charge in [-0.25, -0.2) is 0 Å². The molecule has 6 aromatic carbocycles. The minimum atomic E-state index is 0.00606. The first-order valence-electron chi connectivity index (χ1n) is 20.6. The molecular weight excluding hydrogens is 717 g/mol. The normalized spacial score (nSPS) is 17.3. The Morgan fingerprint density at radius 3 is 2.02 bits per heavy atom. The molecule has 0 amide bonds. The molecule has 0 spiro atoms. The average Bonchev–Trinajstić information content (AvgIpc) is 3.35. The lowest BCUT2D eigenvalue weighted by Crippen LogP contribution is -2.20. The van der Waals surface area contributed by atoms with Crippen molar-refractivity contribution >= 4 is 29.0 Å². The number of aldehydes is 1. The highest BCUT2D eigenvalue weighted by molar-refractivity contribution is 5.85. The Balaban J connectivity index is 1.07. The van der Waals surface area contributed by atoms with E-state index in [9.17, 15) is 4.79 Å². The molecule has 59 heavy (non-hydrogen) atoms. The van der Waals surface area contributed by atoms with Crippen LogP contribution in [-0.2, 0) is 16.6 Å². The summed E-state index contributed by atoms with van der Waals surface area (Å²) in [6.45, 7) is 4.71.